The van der Waals surface area contributed by atoms with Gasteiger partial charge in [0.25, 0.3) is 11.2 Å². The van der Waals surface area contributed by atoms with Crippen LogP contribution >= 0.6 is 0 Å². The third-order valence-electron chi connectivity index (χ3n) is 5.78. The molecule has 1 aliphatic rings. The van der Waals surface area contributed by atoms with Crippen LogP contribution in [0.4, 0.5) is 11.4 Å². The van der Waals surface area contributed by atoms with E-state index in [1.165, 1.54) is 12.4 Å². The molecule has 0 spiro atoms. The fraction of sp³-hybridized carbons (Fsp3) is 0.273. The molecule has 1 saturated heterocycles. The molecule has 0 bridgehead atoms. The van der Waals surface area contributed by atoms with Crippen molar-refractivity contribution in [1.82, 2.24) is 25.0 Å². The number of anilines is 1. The van der Waals surface area contributed by atoms with Crippen LogP contribution < -0.4 is 10.5 Å². The molecule has 0 amide bonds. The number of aryl methyl sites for hydroxylation is 1. The Balaban J connectivity index is 1.29. The predicted molar refractivity (Wildman–Crippen MR) is 121 cm³/mol. The zero-order chi connectivity index (χ0) is 22.9. The normalized spacial score (nSPS) is 14.6. The van der Waals surface area contributed by atoms with Gasteiger partial charge in [0.1, 0.15) is 5.69 Å². The van der Waals surface area contributed by atoms with E-state index < -0.39 is 10.5 Å². The van der Waals surface area contributed by atoms with Crippen LogP contribution in [-0.2, 0) is 6.54 Å². The first kappa shape index (κ1) is 20.8. The highest BCUT2D eigenvalue weighted by molar-refractivity contribution is 5.87. The van der Waals surface area contributed by atoms with Gasteiger partial charge >= 0.3 is 0 Å². The second-order valence-electron chi connectivity index (χ2n) is 7.99. The smallest absolute Gasteiger partial charge is 0.293 e. The molecule has 0 radical (unpaired) electrons. The average Bonchev–Trinajstić information content (AvgIpc) is 3.28. The number of nitrogens with zero attached hydrogens (tertiary/aromatic N) is 6. The van der Waals surface area contributed by atoms with Crippen molar-refractivity contribution in [2.75, 3.05) is 31.1 Å². The van der Waals surface area contributed by atoms with E-state index in [0.29, 0.717) is 55.6 Å². The first-order chi connectivity index (χ1) is 16.0. The summed E-state index contributed by atoms with van der Waals surface area (Å²) in [4.78, 5) is 38.4. The number of fused-ring (bicyclic) bond motifs is 1. The van der Waals surface area contributed by atoms with Crippen molar-refractivity contribution < 1.29 is 9.45 Å². The molecule has 11 heteroatoms. The molecule has 5 rings (SSSR count). The van der Waals surface area contributed by atoms with Crippen LogP contribution in [-0.4, -0.2) is 56.1 Å². The van der Waals surface area contributed by atoms with Gasteiger partial charge in [-0.1, -0.05) is 35.0 Å². The van der Waals surface area contributed by atoms with Crippen LogP contribution in [0.25, 0.3) is 22.3 Å². The van der Waals surface area contributed by atoms with Gasteiger partial charge in [0.15, 0.2) is 0 Å². The van der Waals surface area contributed by atoms with Gasteiger partial charge in [-0.05, 0) is 13.0 Å². The van der Waals surface area contributed by atoms with Crippen LogP contribution in [0.5, 0.6) is 0 Å². The molecule has 11 nitrogen and oxygen atoms in total. The van der Waals surface area contributed by atoms with Crippen molar-refractivity contribution in [3.8, 4) is 11.4 Å². The van der Waals surface area contributed by atoms with Gasteiger partial charge in [-0.15, -0.1) is 0 Å². The van der Waals surface area contributed by atoms with E-state index in [0.717, 1.165) is 11.1 Å². The Labute approximate surface area is 187 Å². The number of aromatic nitrogens is 4. The van der Waals surface area contributed by atoms with E-state index in [9.17, 15) is 14.9 Å². The number of benzene rings is 2. The highest BCUT2D eigenvalue weighted by atomic mass is 16.6. The summed E-state index contributed by atoms with van der Waals surface area (Å²) in [5.41, 5.74) is 2.45. The minimum Gasteiger partial charge on any atom is -0.363 e. The molecule has 0 saturated carbocycles. The molecule has 33 heavy (non-hydrogen) atoms. The first-order valence-corrected chi connectivity index (χ1v) is 10.5. The van der Waals surface area contributed by atoms with Crippen LogP contribution in [0, 0.1) is 17.0 Å². The maximum absolute atomic E-state index is 12.0. The van der Waals surface area contributed by atoms with E-state index in [1.54, 1.807) is 6.07 Å². The van der Waals surface area contributed by atoms with Crippen molar-refractivity contribution in [1.29, 1.82) is 0 Å². The van der Waals surface area contributed by atoms with Crippen LogP contribution in [0.15, 0.2) is 52.0 Å². The number of nitro benzene ring substituents is 1. The van der Waals surface area contributed by atoms with Crippen LogP contribution in [0.3, 0.4) is 0 Å². The van der Waals surface area contributed by atoms with Gasteiger partial charge in [0, 0.05) is 37.8 Å². The molecule has 1 fully saturated rings. The van der Waals surface area contributed by atoms with E-state index in [4.69, 9.17) is 4.52 Å². The Kier molecular flexibility index (Phi) is 5.31. The third-order valence-corrected chi connectivity index (χ3v) is 5.78. The molecule has 2 aromatic heterocycles. The fourth-order valence-corrected chi connectivity index (χ4v) is 3.97. The molecular formula is C22H21N7O4. The van der Waals surface area contributed by atoms with Crippen molar-refractivity contribution in [3.63, 3.8) is 0 Å². The van der Waals surface area contributed by atoms with Gasteiger partial charge in [0.05, 0.1) is 28.7 Å². The lowest BCUT2D eigenvalue weighted by Crippen LogP contribution is -2.46. The number of nitro groups is 1. The number of H-pyrrole nitrogens is 1. The summed E-state index contributed by atoms with van der Waals surface area (Å²) in [5.74, 6) is 1.08. The van der Waals surface area contributed by atoms with Crippen LogP contribution in [0.1, 0.15) is 11.5 Å². The number of nitrogens with one attached hydrogen (secondary N) is 1. The summed E-state index contributed by atoms with van der Waals surface area (Å²) < 4.78 is 5.43. The van der Waals surface area contributed by atoms with Gasteiger partial charge < -0.3 is 14.4 Å². The Bertz CT molecular complexity index is 1370. The van der Waals surface area contributed by atoms with Gasteiger partial charge in [-0.3, -0.25) is 19.8 Å². The SMILES string of the molecule is Cc1ccc(-c2noc(CN3CCN(c4cc5nc[nH]c(=O)c5cc4[N+](=O)[O-])CC3)n2)cc1. The lowest BCUT2D eigenvalue weighted by Gasteiger charge is -2.35. The summed E-state index contributed by atoms with van der Waals surface area (Å²) in [5, 5.41) is 16.0. The fourth-order valence-electron chi connectivity index (χ4n) is 3.97. The first-order valence-electron chi connectivity index (χ1n) is 10.5. The summed E-state index contributed by atoms with van der Waals surface area (Å²) in [7, 11) is 0. The highest BCUT2D eigenvalue weighted by Gasteiger charge is 2.26. The van der Waals surface area contributed by atoms with Gasteiger partial charge in [-0.2, -0.15) is 4.98 Å². The minimum atomic E-state index is -0.460. The van der Waals surface area contributed by atoms with Crippen LogP contribution in [0.2, 0.25) is 0 Å². The number of aromatic amines is 1. The van der Waals surface area contributed by atoms with E-state index in [1.807, 2.05) is 36.1 Å². The molecule has 3 heterocycles. The third kappa shape index (κ3) is 4.17. The summed E-state index contributed by atoms with van der Waals surface area (Å²) in [6.07, 6.45) is 1.30. The number of rotatable bonds is 5. The second kappa shape index (κ2) is 8.43. The van der Waals surface area contributed by atoms with Crippen molar-refractivity contribution in [2.24, 2.45) is 0 Å². The molecular weight excluding hydrogens is 426 g/mol. The summed E-state index contributed by atoms with van der Waals surface area (Å²) in [6.45, 7) is 5.01. The minimum absolute atomic E-state index is 0.103. The quantitative estimate of drug-likeness (QED) is 0.362. The molecule has 2 aromatic carbocycles. The Morgan fingerprint density at radius 2 is 1.91 bits per heavy atom. The zero-order valence-electron chi connectivity index (χ0n) is 17.9. The molecule has 168 valence electrons. The standard InChI is InChI=1S/C22H21N7O4/c1-14-2-4-15(5-3-14)21-25-20(33-26-21)12-27-6-8-28(9-7-27)18-11-17-16(10-19(18)29(31)32)22(30)24-13-23-17/h2-5,10-11,13H,6-9,12H2,1H3,(H,23,24,30). The van der Waals surface area contributed by atoms with Crippen molar-refractivity contribution in [3.05, 3.63) is 74.6 Å². The number of hydrogen-bond acceptors (Lipinski definition) is 9. The molecule has 1 aliphatic heterocycles. The maximum atomic E-state index is 12.0. The topological polar surface area (TPSA) is 134 Å². The zero-order valence-corrected chi connectivity index (χ0v) is 17.9. The average molecular weight is 447 g/mol. The molecule has 1 N–H and O–H groups in total. The van der Waals surface area contributed by atoms with Crippen molar-refractivity contribution in [2.45, 2.75) is 13.5 Å². The summed E-state index contributed by atoms with van der Waals surface area (Å²) in [6, 6.07) is 10.8. The second-order valence-corrected chi connectivity index (χ2v) is 7.99. The molecule has 0 atom stereocenters. The largest absolute Gasteiger partial charge is 0.363 e. The Morgan fingerprint density at radius 1 is 1.15 bits per heavy atom. The molecule has 0 unspecified atom stereocenters. The maximum Gasteiger partial charge on any atom is 0.293 e. The number of piperazine rings is 1. The lowest BCUT2D eigenvalue weighted by atomic mass is 10.1. The lowest BCUT2D eigenvalue weighted by molar-refractivity contribution is -0.384. The molecule has 4 aromatic rings. The predicted octanol–water partition coefficient (Wildman–Crippen LogP) is 2.51. The van der Waals surface area contributed by atoms with Gasteiger partial charge in [-0.25, -0.2) is 4.98 Å². The highest BCUT2D eigenvalue weighted by Crippen LogP contribution is 2.32. The van der Waals surface area contributed by atoms with Crippen molar-refractivity contribution >= 4 is 22.3 Å². The number of hydrogen-bond donors (Lipinski definition) is 1. The Hall–Kier alpha value is -4.12. The van der Waals surface area contributed by atoms with Gasteiger partial charge in [0.2, 0.25) is 11.7 Å². The van der Waals surface area contributed by atoms with E-state index in [-0.39, 0.29) is 11.1 Å². The van der Waals surface area contributed by atoms with E-state index >= 15 is 0 Å². The summed E-state index contributed by atoms with van der Waals surface area (Å²) >= 11 is 0. The Morgan fingerprint density at radius 3 is 2.64 bits per heavy atom. The van der Waals surface area contributed by atoms with E-state index in [2.05, 4.69) is 25.0 Å². The molecule has 0 aliphatic carbocycles. The monoisotopic (exact) mass is 447 g/mol.